The molecule has 3 aromatic carbocycles. The molecular weight excluding hydrogens is 479 g/mol. The predicted molar refractivity (Wildman–Crippen MR) is 115 cm³/mol. The fourth-order valence-corrected chi connectivity index (χ4v) is 5.80. The van der Waals surface area contributed by atoms with Crippen LogP contribution in [0.15, 0.2) is 87.5 Å². The summed E-state index contributed by atoms with van der Waals surface area (Å²) in [5.74, 6) is 0.0348. The number of hydrogen-bond donors (Lipinski definition) is 2. The number of alkyl halides is 3. The number of sulfone groups is 1. The van der Waals surface area contributed by atoms with E-state index in [-0.39, 0.29) is 23.6 Å². The Hall–Kier alpha value is -2.89. The van der Waals surface area contributed by atoms with Crippen molar-refractivity contribution in [1.29, 1.82) is 0 Å². The minimum Gasteiger partial charge on any atom is -0.508 e. The largest absolute Gasteiger partial charge is 0.508 e. The van der Waals surface area contributed by atoms with E-state index in [1.165, 1.54) is 36.4 Å². The Bertz CT molecular complexity index is 1320. The lowest BCUT2D eigenvalue weighted by Crippen LogP contribution is -2.28. The summed E-state index contributed by atoms with van der Waals surface area (Å²) in [4.78, 5) is -1.29. The third-order valence-corrected chi connectivity index (χ3v) is 8.04. The Kier molecular flexibility index (Phi) is 7.15. The summed E-state index contributed by atoms with van der Waals surface area (Å²) < 4.78 is 92.9. The van der Waals surface area contributed by atoms with E-state index in [1.54, 1.807) is 18.2 Å². The van der Waals surface area contributed by atoms with Crippen LogP contribution in [0.3, 0.4) is 0 Å². The molecule has 0 radical (unpaired) electrons. The minimum absolute atomic E-state index is 0.0348. The maximum atomic E-state index is 13.1. The van der Waals surface area contributed by atoms with E-state index >= 15 is 0 Å². The van der Waals surface area contributed by atoms with Crippen molar-refractivity contribution in [2.45, 2.75) is 33.7 Å². The van der Waals surface area contributed by atoms with Crippen LogP contribution in [-0.4, -0.2) is 34.7 Å². The lowest BCUT2D eigenvalue weighted by Gasteiger charge is -2.15. The van der Waals surface area contributed by atoms with Gasteiger partial charge >= 0.3 is 6.18 Å². The molecule has 176 valence electrons. The summed E-state index contributed by atoms with van der Waals surface area (Å²) in [7, 11) is -8.62. The topological polar surface area (TPSA) is 101 Å². The fourth-order valence-electron chi connectivity index (χ4n) is 3.12. The maximum Gasteiger partial charge on any atom is 0.393 e. The first-order chi connectivity index (χ1) is 15.4. The van der Waals surface area contributed by atoms with Crippen molar-refractivity contribution in [3.05, 3.63) is 83.9 Å². The number of halogens is 3. The molecule has 0 heterocycles. The molecule has 0 aliphatic heterocycles. The summed E-state index contributed by atoms with van der Waals surface area (Å²) in [5, 5.41) is 9.30. The van der Waals surface area contributed by atoms with Gasteiger partial charge in [0.05, 0.1) is 21.1 Å². The number of phenols is 1. The van der Waals surface area contributed by atoms with Gasteiger partial charge < -0.3 is 5.11 Å². The molecule has 6 nitrogen and oxygen atoms in total. The minimum atomic E-state index is -4.70. The molecule has 0 bridgehead atoms. The molecule has 0 aliphatic rings. The van der Waals surface area contributed by atoms with Crippen molar-refractivity contribution in [3.63, 3.8) is 0 Å². The maximum absolute atomic E-state index is 13.1. The van der Waals surface area contributed by atoms with Gasteiger partial charge in [0.25, 0.3) is 0 Å². The van der Waals surface area contributed by atoms with Crippen LogP contribution in [0.1, 0.15) is 11.1 Å². The zero-order valence-electron chi connectivity index (χ0n) is 17.1. The fraction of sp³-hybridized carbons (Fsp3) is 0.182. The summed E-state index contributed by atoms with van der Waals surface area (Å²) >= 11 is 0. The third kappa shape index (κ3) is 6.34. The highest BCUT2D eigenvalue weighted by Crippen LogP contribution is 2.30. The van der Waals surface area contributed by atoms with Gasteiger partial charge in [0.1, 0.15) is 5.75 Å². The van der Waals surface area contributed by atoms with E-state index < -0.39 is 47.8 Å². The molecule has 33 heavy (non-hydrogen) atoms. The second-order valence-electron chi connectivity index (χ2n) is 7.19. The zero-order chi connectivity index (χ0) is 24.3. The first-order valence-corrected chi connectivity index (χ1v) is 12.6. The second kappa shape index (κ2) is 9.54. The van der Waals surface area contributed by atoms with Gasteiger partial charge in [-0.25, -0.2) is 21.6 Å². The molecule has 2 N–H and O–H groups in total. The number of nitrogens with one attached hydrogen (secondary N) is 1. The highest BCUT2D eigenvalue weighted by Gasteiger charge is 2.32. The van der Waals surface area contributed by atoms with Gasteiger partial charge in [-0.05, 0) is 53.9 Å². The van der Waals surface area contributed by atoms with E-state index in [9.17, 15) is 35.1 Å². The molecule has 0 fully saturated rings. The third-order valence-electron chi connectivity index (χ3n) is 4.72. The molecule has 0 atom stereocenters. The first-order valence-electron chi connectivity index (χ1n) is 9.66. The van der Waals surface area contributed by atoms with Gasteiger partial charge in [-0.1, -0.05) is 36.4 Å². The number of benzene rings is 3. The standard InChI is InChI=1S/C22H20F3NO5S2/c23-22(24,25)15-17-8-11-20(32(28,29)19-4-2-1-3-5-19)14-21(17)33(30,31)26-13-12-16-6-9-18(27)10-7-16/h1-11,14,26-27H,12-13,15H2. The Labute approximate surface area is 189 Å². The van der Waals surface area contributed by atoms with Gasteiger partial charge in [-0.3, -0.25) is 0 Å². The van der Waals surface area contributed by atoms with Crippen LogP contribution < -0.4 is 4.72 Å². The van der Waals surface area contributed by atoms with E-state index in [2.05, 4.69) is 4.72 Å². The highest BCUT2D eigenvalue weighted by molar-refractivity contribution is 7.91. The second-order valence-corrected chi connectivity index (χ2v) is 10.9. The molecule has 0 aliphatic carbocycles. The number of sulfonamides is 1. The SMILES string of the molecule is O=S(=O)(NCCc1ccc(O)cc1)c1cc(S(=O)(=O)c2ccccc2)ccc1CC(F)(F)F. The molecule has 11 heteroatoms. The Morgan fingerprint density at radius 3 is 2.06 bits per heavy atom. The monoisotopic (exact) mass is 499 g/mol. The lowest BCUT2D eigenvalue weighted by molar-refractivity contribution is -0.127. The zero-order valence-corrected chi connectivity index (χ0v) is 18.7. The van der Waals surface area contributed by atoms with Crippen molar-refractivity contribution < 1.29 is 35.1 Å². The molecule has 3 aromatic rings. The normalized spacial score (nSPS) is 12.6. The number of hydrogen-bond acceptors (Lipinski definition) is 5. The molecule has 0 aromatic heterocycles. The summed E-state index contributed by atoms with van der Waals surface area (Å²) in [6, 6.07) is 15.8. The molecule has 0 saturated heterocycles. The van der Waals surface area contributed by atoms with Crippen LogP contribution in [-0.2, 0) is 32.7 Å². The van der Waals surface area contributed by atoms with E-state index in [4.69, 9.17) is 0 Å². The van der Waals surface area contributed by atoms with Crippen molar-refractivity contribution >= 4 is 19.9 Å². The molecule has 0 amide bonds. The van der Waals surface area contributed by atoms with E-state index in [0.717, 1.165) is 18.2 Å². The average molecular weight is 500 g/mol. The number of aromatic hydroxyl groups is 1. The van der Waals surface area contributed by atoms with Gasteiger partial charge in [0.2, 0.25) is 19.9 Å². The van der Waals surface area contributed by atoms with Gasteiger partial charge in [0.15, 0.2) is 0 Å². The highest BCUT2D eigenvalue weighted by atomic mass is 32.2. The molecule has 3 rings (SSSR count). The van der Waals surface area contributed by atoms with Crippen LogP contribution in [0.4, 0.5) is 13.2 Å². The van der Waals surface area contributed by atoms with E-state index in [0.29, 0.717) is 5.56 Å². The summed E-state index contributed by atoms with van der Waals surface area (Å²) in [5.41, 5.74) is 0.123. The van der Waals surface area contributed by atoms with Crippen LogP contribution in [0.2, 0.25) is 0 Å². The van der Waals surface area contributed by atoms with Crippen LogP contribution >= 0.6 is 0 Å². The predicted octanol–water partition coefficient (Wildman–Crippen LogP) is 3.85. The summed E-state index contributed by atoms with van der Waals surface area (Å²) in [6.07, 6.45) is -6.03. The Morgan fingerprint density at radius 1 is 0.818 bits per heavy atom. The van der Waals surface area contributed by atoms with Gasteiger partial charge in [-0.2, -0.15) is 13.2 Å². The Balaban J connectivity index is 1.95. The molecular formula is C22H20F3NO5S2. The molecule has 0 spiro atoms. The molecule has 0 unspecified atom stereocenters. The average Bonchev–Trinajstić information content (AvgIpc) is 2.74. The first kappa shape index (κ1) is 24.7. The van der Waals surface area contributed by atoms with Crippen molar-refractivity contribution in [3.8, 4) is 5.75 Å². The number of rotatable bonds is 8. The van der Waals surface area contributed by atoms with Gasteiger partial charge in [-0.15, -0.1) is 0 Å². The molecule has 0 saturated carbocycles. The smallest absolute Gasteiger partial charge is 0.393 e. The van der Waals surface area contributed by atoms with Crippen LogP contribution in [0, 0.1) is 0 Å². The lowest BCUT2D eigenvalue weighted by atomic mass is 10.1. The van der Waals surface area contributed by atoms with Crippen LogP contribution in [0.25, 0.3) is 0 Å². The number of phenolic OH excluding ortho intramolecular Hbond substituents is 1. The van der Waals surface area contributed by atoms with Crippen molar-refractivity contribution in [2.24, 2.45) is 0 Å². The van der Waals surface area contributed by atoms with Crippen molar-refractivity contribution in [2.75, 3.05) is 6.54 Å². The quantitative estimate of drug-likeness (QED) is 0.490. The summed E-state index contributed by atoms with van der Waals surface area (Å²) in [6.45, 7) is -0.145. The van der Waals surface area contributed by atoms with E-state index in [1.807, 2.05) is 0 Å². The van der Waals surface area contributed by atoms with Gasteiger partial charge in [0, 0.05) is 6.54 Å². The van der Waals surface area contributed by atoms with Crippen LogP contribution in [0.5, 0.6) is 5.75 Å². The Morgan fingerprint density at radius 2 is 1.45 bits per heavy atom. The van der Waals surface area contributed by atoms with Crippen molar-refractivity contribution in [1.82, 2.24) is 4.72 Å².